The summed E-state index contributed by atoms with van der Waals surface area (Å²) in [6.07, 6.45) is 2.87. The van der Waals surface area contributed by atoms with E-state index in [1.54, 1.807) is 11.3 Å². The number of rotatable bonds is 3. The lowest BCUT2D eigenvalue weighted by molar-refractivity contribution is 0.699. The number of pyridine rings is 1. The minimum atomic E-state index is 0.829. The Morgan fingerprint density at radius 1 is 1.42 bits per heavy atom. The predicted molar refractivity (Wildman–Crippen MR) is 80.3 cm³/mol. The van der Waals surface area contributed by atoms with Gasteiger partial charge in [-0.25, -0.2) is 9.97 Å². The molecule has 3 rings (SSSR count). The van der Waals surface area contributed by atoms with Gasteiger partial charge in [0, 0.05) is 12.7 Å². The monoisotopic (exact) mass is 272 g/mol. The van der Waals surface area contributed by atoms with E-state index in [0.717, 1.165) is 39.8 Å². The zero-order valence-corrected chi connectivity index (χ0v) is 11.9. The first-order valence-electron chi connectivity index (χ1n) is 6.38. The first-order chi connectivity index (χ1) is 9.20. The van der Waals surface area contributed by atoms with Crippen LogP contribution in [0.4, 0.5) is 5.00 Å². The number of anilines is 1. The third-order valence-electron chi connectivity index (χ3n) is 3.09. The maximum absolute atomic E-state index is 5.90. The van der Waals surface area contributed by atoms with Crippen molar-refractivity contribution in [3.8, 4) is 10.7 Å². The van der Waals surface area contributed by atoms with E-state index >= 15 is 0 Å². The molecule has 0 aliphatic carbocycles. The molecule has 0 amide bonds. The van der Waals surface area contributed by atoms with Crippen molar-refractivity contribution in [3.05, 3.63) is 30.0 Å². The zero-order valence-electron chi connectivity index (χ0n) is 11.1. The Labute approximate surface area is 115 Å². The molecule has 0 aliphatic rings. The van der Waals surface area contributed by atoms with Gasteiger partial charge < -0.3 is 10.3 Å². The number of hydrogen-bond donors (Lipinski definition) is 1. The molecule has 5 heteroatoms. The second-order valence-electron chi connectivity index (χ2n) is 4.59. The SMILES string of the molecule is CCCn1c(-c2sc(N)cc2C)nc2cccnc21. The second-order valence-corrected chi connectivity index (χ2v) is 5.68. The zero-order chi connectivity index (χ0) is 13.4. The van der Waals surface area contributed by atoms with E-state index in [0.29, 0.717) is 0 Å². The van der Waals surface area contributed by atoms with E-state index in [9.17, 15) is 0 Å². The van der Waals surface area contributed by atoms with Gasteiger partial charge in [0.1, 0.15) is 5.52 Å². The number of thiophene rings is 1. The third-order valence-corrected chi connectivity index (χ3v) is 4.15. The van der Waals surface area contributed by atoms with Crippen molar-refractivity contribution in [1.29, 1.82) is 0 Å². The van der Waals surface area contributed by atoms with Crippen LogP contribution in [0.15, 0.2) is 24.4 Å². The second kappa shape index (κ2) is 4.66. The molecule has 0 bridgehead atoms. The molecule has 0 atom stereocenters. The number of nitrogen functional groups attached to an aromatic ring is 1. The highest BCUT2D eigenvalue weighted by Gasteiger charge is 2.16. The van der Waals surface area contributed by atoms with E-state index < -0.39 is 0 Å². The Morgan fingerprint density at radius 3 is 2.95 bits per heavy atom. The standard InChI is InChI=1S/C14H16N4S/c1-3-7-18-13-10(5-4-6-16-13)17-14(18)12-9(2)8-11(15)19-12/h4-6,8H,3,7,15H2,1-2H3. The molecule has 0 aliphatic heterocycles. The van der Waals surface area contributed by atoms with Crippen LogP contribution in [0.3, 0.4) is 0 Å². The average Bonchev–Trinajstić information content (AvgIpc) is 2.91. The van der Waals surface area contributed by atoms with Gasteiger partial charge in [-0.15, -0.1) is 11.3 Å². The summed E-state index contributed by atoms with van der Waals surface area (Å²) in [5.41, 5.74) is 8.97. The van der Waals surface area contributed by atoms with Crippen LogP contribution in [0.1, 0.15) is 18.9 Å². The molecular formula is C14H16N4S. The van der Waals surface area contributed by atoms with E-state index in [1.807, 2.05) is 24.4 Å². The molecule has 0 aromatic carbocycles. The summed E-state index contributed by atoms with van der Waals surface area (Å²) in [7, 11) is 0. The van der Waals surface area contributed by atoms with Crippen LogP contribution in [0.5, 0.6) is 0 Å². The Kier molecular flexibility index (Phi) is 2.98. The topological polar surface area (TPSA) is 56.7 Å². The summed E-state index contributed by atoms with van der Waals surface area (Å²) in [5, 5.41) is 0.829. The largest absolute Gasteiger partial charge is 0.391 e. The van der Waals surface area contributed by atoms with Crippen molar-refractivity contribution in [2.75, 3.05) is 5.73 Å². The van der Waals surface area contributed by atoms with Crippen LogP contribution >= 0.6 is 11.3 Å². The van der Waals surface area contributed by atoms with Gasteiger partial charge in [-0.1, -0.05) is 6.92 Å². The Morgan fingerprint density at radius 2 is 2.26 bits per heavy atom. The molecule has 19 heavy (non-hydrogen) atoms. The summed E-state index contributed by atoms with van der Waals surface area (Å²) in [6, 6.07) is 5.93. The van der Waals surface area contributed by atoms with Gasteiger partial charge in [0.05, 0.1) is 9.88 Å². The highest BCUT2D eigenvalue weighted by atomic mass is 32.1. The number of aryl methyl sites for hydroxylation is 2. The van der Waals surface area contributed by atoms with Gasteiger partial charge in [0.15, 0.2) is 11.5 Å². The van der Waals surface area contributed by atoms with Crippen molar-refractivity contribution in [1.82, 2.24) is 14.5 Å². The Balaban J connectivity index is 2.27. The summed E-state index contributed by atoms with van der Waals surface area (Å²) < 4.78 is 2.19. The lowest BCUT2D eigenvalue weighted by Gasteiger charge is -2.06. The van der Waals surface area contributed by atoms with E-state index in [4.69, 9.17) is 10.7 Å². The number of aromatic nitrogens is 3. The molecule has 98 valence electrons. The molecule has 0 saturated carbocycles. The molecule has 2 N–H and O–H groups in total. The van der Waals surface area contributed by atoms with Crippen molar-refractivity contribution in [3.63, 3.8) is 0 Å². The van der Waals surface area contributed by atoms with Crippen molar-refractivity contribution < 1.29 is 0 Å². The number of nitrogens with two attached hydrogens (primary N) is 1. The lowest BCUT2D eigenvalue weighted by atomic mass is 10.3. The smallest absolute Gasteiger partial charge is 0.160 e. The van der Waals surface area contributed by atoms with Gasteiger partial charge in [0.2, 0.25) is 0 Å². The van der Waals surface area contributed by atoms with Crippen LogP contribution < -0.4 is 5.73 Å². The van der Waals surface area contributed by atoms with Crippen LogP contribution in [0.2, 0.25) is 0 Å². The molecule has 4 nitrogen and oxygen atoms in total. The normalized spacial score (nSPS) is 11.3. The molecular weight excluding hydrogens is 256 g/mol. The minimum absolute atomic E-state index is 0.829. The fourth-order valence-electron chi connectivity index (χ4n) is 2.30. The van der Waals surface area contributed by atoms with Gasteiger partial charge in [-0.2, -0.15) is 0 Å². The Hall–Kier alpha value is -1.88. The van der Waals surface area contributed by atoms with Gasteiger partial charge >= 0.3 is 0 Å². The fraction of sp³-hybridized carbons (Fsp3) is 0.286. The van der Waals surface area contributed by atoms with Gasteiger partial charge in [0.25, 0.3) is 0 Å². The highest BCUT2D eigenvalue weighted by Crippen LogP contribution is 2.34. The fourth-order valence-corrected chi connectivity index (χ4v) is 3.23. The summed E-state index contributed by atoms with van der Waals surface area (Å²) >= 11 is 1.59. The first-order valence-corrected chi connectivity index (χ1v) is 7.20. The van der Waals surface area contributed by atoms with Crippen molar-refractivity contribution >= 4 is 27.5 Å². The number of imidazole rings is 1. The van der Waals surface area contributed by atoms with Crippen molar-refractivity contribution in [2.24, 2.45) is 0 Å². The molecule has 3 heterocycles. The van der Waals surface area contributed by atoms with E-state index in [1.165, 1.54) is 5.56 Å². The van der Waals surface area contributed by atoms with Crippen LogP contribution in [0, 0.1) is 6.92 Å². The van der Waals surface area contributed by atoms with Gasteiger partial charge in [-0.05, 0) is 37.1 Å². The molecule has 0 spiro atoms. The van der Waals surface area contributed by atoms with Crippen LogP contribution in [-0.4, -0.2) is 14.5 Å². The molecule has 3 aromatic rings. The highest BCUT2D eigenvalue weighted by molar-refractivity contribution is 7.19. The average molecular weight is 272 g/mol. The van der Waals surface area contributed by atoms with E-state index in [-0.39, 0.29) is 0 Å². The van der Waals surface area contributed by atoms with E-state index in [2.05, 4.69) is 23.4 Å². The molecule has 0 radical (unpaired) electrons. The quantitative estimate of drug-likeness (QED) is 0.794. The van der Waals surface area contributed by atoms with Crippen LogP contribution in [-0.2, 0) is 6.54 Å². The summed E-state index contributed by atoms with van der Waals surface area (Å²) in [4.78, 5) is 10.3. The van der Waals surface area contributed by atoms with Gasteiger partial charge in [-0.3, -0.25) is 0 Å². The Bertz CT molecular complexity index is 726. The molecule has 0 saturated heterocycles. The molecule has 0 unspecified atom stereocenters. The maximum Gasteiger partial charge on any atom is 0.160 e. The molecule has 0 fully saturated rings. The number of fused-ring (bicyclic) bond motifs is 1. The summed E-state index contributed by atoms with van der Waals surface area (Å²) in [5.74, 6) is 0.981. The maximum atomic E-state index is 5.90. The van der Waals surface area contributed by atoms with Crippen molar-refractivity contribution in [2.45, 2.75) is 26.8 Å². The lowest BCUT2D eigenvalue weighted by Crippen LogP contribution is -2.00. The minimum Gasteiger partial charge on any atom is -0.391 e. The molecule has 3 aromatic heterocycles. The third kappa shape index (κ3) is 2.00. The number of nitrogens with zero attached hydrogens (tertiary/aromatic N) is 3. The predicted octanol–water partition coefficient (Wildman–Crippen LogP) is 3.46. The first kappa shape index (κ1) is 12.2. The van der Waals surface area contributed by atoms with Crippen LogP contribution in [0.25, 0.3) is 21.9 Å². The summed E-state index contributed by atoms with van der Waals surface area (Å²) in [6.45, 7) is 5.15. The number of hydrogen-bond acceptors (Lipinski definition) is 4.